The molecule has 3 aromatic carbocycles. The van der Waals surface area contributed by atoms with E-state index in [1.165, 1.54) is 17.7 Å². The number of amides is 1. The van der Waals surface area contributed by atoms with Gasteiger partial charge in [-0.3, -0.25) is 4.79 Å². The number of carbonyl (C=O) groups excluding carboxylic acids is 1. The van der Waals surface area contributed by atoms with Crippen LogP contribution >= 0.6 is 57.1 Å². The smallest absolute Gasteiger partial charge is 0.259 e. The lowest BCUT2D eigenvalue weighted by Crippen LogP contribution is -2.15. The van der Waals surface area contributed by atoms with Crippen LogP contribution in [0.25, 0.3) is 0 Å². The third-order valence-electron chi connectivity index (χ3n) is 7.49. The number of methoxy groups -OCH3 is 1. The van der Waals surface area contributed by atoms with Gasteiger partial charge < -0.3 is 14.8 Å². The summed E-state index contributed by atoms with van der Waals surface area (Å²) in [4.78, 5) is 20.0. The summed E-state index contributed by atoms with van der Waals surface area (Å²) >= 11 is 16.3. The molecule has 1 aromatic heterocycles. The standard InChI is InChI=1S/C34H33Cl2IN2O3S/c1-20-10-11-21(2)28(14-20)39-33(40)31-25-8-6-4-5-7-9-30(25)43-34(31)38-18-22-15-27(37)32(29(16-22)41-3)42-19-23-12-13-24(35)17-26(23)36/h10-18H,4-9,19H2,1-3H3,(H,39,40). The molecule has 1 N–H and O–H groups in total. The molecule has 0 saturated carbocycles. The summed E-state index contributed by atoms with van der Waals surface area (Å²) in [5, 5.41) is 5.05. The summed E-state index contributed by atoms with van der Waals surface area (Å²) in [7, 11) is 1.61. The summed E-state index contributed by atoms with van der Waals surface area (Å²) in [6.07, 6.45) is 8.29. The number of benzene rings is 3. The summed E-state index contributed by atoms with van der Waals surface area (Å²) in [6, 6.07) is 15.3. The number of nitrogens with one attached hydrogen (secondary N) is 1. The van der Waals surface area contributed by atoms with Crippen LogP contribution < -0.4 is 14.8 Å². The number of nitrogens with zero attached hydrogens (tertiary/aromatic N) is 1. The lowest BCUT2D eigenvalue weighted by molar-refractivity contribution is 0.102. The van der Waals surface area contributed by atoms with Crippen LogP contribution in [0.3, 0.4) is 0 Å². The molecule has 0 bridgehead atoms. The van der Waals surface area contributed by atoms with Crippen LogP contribution in [0.4, 0.5) is 10.7 Å². The minimum atomic E-state index is -0.101. The zero-order valence-corrected chi connectivity index (χ0v) is 28.8. The van der Waals surface area contributed by atoms with Gasteiger partial charge in [-0.1, -0.05) is 54.2 Å². The van der Waals surface area contributed by atoms with Crippen LogP contribution in [0, 0.1) is 17.4 Å². The molecule has 9 heteroatoms. The number of rotatable bonds is 8. The predicted molar refractivity (Wildman–Crippen MR) is 188 cm³/mol. The topological polar surface area (TPSA) is 59.9 Å². The summed E-state index contributed by atoms with van der Waals surface area (Å²) in [6.45, 7) is 4.32. The monoisotopic (exact) mass is 746 g/mol. The third kappa shape index (κ3) is 7.74. The second-order valence-electron chi connectivity index (χ2n) is 10.7. The maximum absolute atomic E-state index is 13.8. The third-order valence-corrected chi connectivity index (χ3v) is 10.1. The quantitative estimate of drug-likeness (QED) is 0.144. The van der Waals surface area contributed by atoms with Crippen molar-refractivity contribution in [2.75, 3.05) is 12.4 Å². The van der Waals surface area contributed by atoms with E-state index in [2.05, 4.69) is 34.0 Å². The fraction of sp³-hybridized carbons (Fsp3) is 0.294. The van der Waals surface area contributed by atoms with Crippen molar-refractivity contribution in [1.82, 2.24) is 0 Å². The van der Waals surface area contributed by atoms with Crippen molar-refractivity contribution in [3.63, 3.8) is 0 Å². The van der Waals surface area contributed by atoms with Gasteiger partial charge in [-0.05, 0) is 115 Å². The summed E-state index contributed by atoms with van der Waals surface area (Å²) in [5.41, 5.74) is 6.49. The average Bonchev–Trinajstić information content (AvgIpc) is 3.29. The zero-order chi connectivity index (χ0) is 30.5. The van der Waals surface area contributed by atoms with Gasteiger partial charge in [0.1, 0.15) is 11.6 Å². The van der Waals surface area contributed by atoms with Gasteiger partial charge in [0, 0.05) is 32.4 Å². The van der Waals surface area contributed by atoms with Crippen molar-refractivity contribution in [2.24, 2.45) is 4.99 Å². The second-order valence-corrected chi connectivity index (χ2v) is 13.8. The highest BCUT2D eigenvalue weighted by Gasteiger charge is 2.25. The number of aryl methyl sites for hydroxylation is 3. The molecule has 5 rings (SSSR count). The molecule has 1 amide bonds. The van der Waals surface area contributed by atoms with Gasteiger partial charge in [-0.15, -0.1) is 11.3 Å². The molecule has 1 heterocycles. The van der Waals surface area contributed by atoms with Gasteiger partial charge in [0.05, 0.1) is 16.2 Å². The van der Waals surface area contributed by atoms with E-state index in [-0.39, 0.29) is 12.5 Å². The Hall–Kier alpha value is -2.59. The van der Waals surface area contributed by atoms with Crippen molar-refractivity contribution in [2.45, 2.75) is 59.0 Å². The maximum atomic E-state index is 13.8. The van der Waals surface area contributed by atoms with Crippen LogP contribution in [0.5, 0.6) is 11.5 Å². The highest BCUT2D eigenvalue weighted by Crippen LogP contribution is 2.40. The van der Waals surface area contributed by atoms with E-state index in [1.54, 1.807) is 36.8 Å². The molecule has 1 aliphatic rings. The largest absolute Gasteiger partial charge is 0.493 e. The van der Waals surface area contributed by atoms with E-state index in [0.717, 1.165) is 67.8 Å². The van der Waals surface area contributed by atoms with Crippen molar-refractivity contribution in [3.05, 3.63) is 100 Å². The molecule has 0 aliphatic heterocycles. The molecule has 0 atom stereocenters. The van der Waals surface area contributed by atoms with Crippen LogP contribution in [0.15, 0.2) is 53.5 Å². The van der Waals surface area contributed by atoms with Crippen LogP contribution in [-0.4, -0.2) is 19.2 Å². The number of thiophene rings is 1. The number of aliphatic imine (C=N–C) groups is 1. The molecule has 43 heavy (non-hydrogen) atoms. The maximum Gasteiger partial charge on any atom is 0.259 e. The number of carbonyl (C=O) groups is 1. The number of hydrogen-bond donors (Lipinski definition) is 1. The van der Waals surface area contributed by atoms with Crippen molar-refractivity contribution in [1.29, 1.82) is 0 Å². The molecule has 0 unspecified atom stereocenters. The molecular weight excluding hydrogens is 714 g/mol. The van der Waals surface area contributed by atoms with Gasteiger partial charge in [-0.2, -0.15) is 0 Å². The van der Waals surface area contributed by atoms with E-state index in [9.17, 15) is 4.79 Å². The number of ether oxygens (including phenoxy) is 2. The first-order valence-electron chi connectivity index (χ1n) is 14.2. The van der Waals surface area contributed by atoms with Gasteiger partial charge >= 0.3 is 0 Å². The van der Waals surface area contributed by atoms with E-state index >= 15 is 0 Å². The zero-order valence-electron chi connectivity index (χ0n) is 24.4. The van der Waals surface area contributed by atoms with Crippen molar-refractivity contribution in [3.8, 4) is 11.5 Å². The first-order valence-corrected chi connectivity index (χ1v) is 16.9. The molecule has 0 saturated heterocycles. The Morgan fingerprint density at radius 3 is 2.60 bits per heavy atom. The lowest BCUT2D eigenvalue weighted by Gasteiger charge is -2.14. The molecule has 5 nitrogen and oxygen atoms in total. The van der Waals surface area contributed by atoms with Crippen LogP contribution in [0.1, 0.15) is 68.7 Å². The fourth-order valence-corrected chi connectivity index (χ4v) is 7.64. The van der Waals surface area contributed by atoms with Gasteiger partial charge in [0.25, 0.3) is 5.91 Å². The normalized spacial score (nSPS) is 13.3. The number of anilines is 1. The molecule has 4 aromatic rings. The van der Waals surface area contributed by atoms with Gasteiger partial charge in [-0.25, -0.2) is 4.99 Å². The van der Waals surface area contributed by atoms with Crippen molar-refractivity contribution < 1.29 is 14.3 Å². The SMILES string of the molecule is COc1cc(C=Nc2sc3c(c2C(=O)Nc2cc(C)ccc2C)CCCCCC3)cc(I)c1OCc1ccc(Cl)cc1Cl. The Labute approximate surface area is 280 Å². The highest BCUT2D eigenvalue weighted by molar-refractivity contribution is 14.1. The lowest BCUT2D eigenvalue weighted by atomic mass is 9.96. The van der Waals surface area contributed by atoms with E-state index in [0.29, 0.717) is 27.1 Å². The predicted octanol–water partition coefficient (Wildman–Crippen LogP) is 10.5. The van der Waals surface area contributed by atoms with Gasteiger partial charge in [0.2, 0.25) is 0 Å². The average molecular weight is 748 g/mol. The fourth-order valence-electron chi connectivity index (χ4n) is 5.16. The molecular formula is C34H33Cl2IN2O3S. The Morgan fingerprint density at radius 2 is 1.84 bits per heavy atom. The minimum Gasteiger partial charge on any atom is -0.493 e. The first kappa shape index (κ1) is 31.8. The van der Waals surface area contributed by atoms with E-state index in [4.69, 9.17) is 37.7 Å². The second kappa shape index (κ2) is 14.5. The van der Waals surface area contributed by atoms with Crippen LogP contribution in [0.2, 0.25) is 10.0 Å². The summed E-state index contributed by atoms with van der Waals surface area (Å²) < 4.78 is 12.7. The molecule has 1 aliphatic carbocycles. The van der Waals surface area contributed by atoms with Gasteiger partial charge in [0.15, 0.2) is 11.5 Å². The number of hydrogen-bond acceptors (Lipinski definition) is 5. The Bertz CT molecular complexity index is 1680. The highest BCUT2D eigenvalue weighted by atomic mass is 127. The molecule has 0 radical (unpaired) electrons. The molecule has 0 fully saturated rings. The van der Waals surface area contributed by atoms with E-state index < -0.39 is 0 Å². The number of fused-ring (bicyclic) bond motifs is 1. The van der Waals surface area contributed by atoms with Crippen LogP contribution in [-0.2, 0) is 19.4 Å². The van der Waals surface area contributed by atoms with Crippen molar-refractivity contribution >= 4 is 79.9 Å². The first-order chi connectivity index (χ1) is 20.7. The summed E-state index contributed by atoms with van der Waals surface area (Å²) in [5.74, 6) is 1.11. The van der Waals surface area contributed by atoms with E-state index in [1.807, 2.05) is 44.2 Å². The minimum absolute atomic E-state index is 0.101. The molecule has 0 spiro atoms. The number of halogens is 3. The molecule has 224 valence electrons. The Balaban J connectivity index is 1.44. The Kier molecular flexibility index (Phi) is 10.7. The Morgan fingerprint density at radius 1 is 1.05 bits per heavy atom.